The van der Waals surface area contributed by atoms with Crippen molar-refractivity contribution >= 4 is 28.3 Å². The summed E-state index contributed by atoms with van der Waals surface area (Å²) >= 11 is 1.32. The molecule has 0 aliphatic carbocycles. The Morgan fingerprint density at radius 2 is 1.69 bits per heavy atom. The van der Waals surface area contributed by atoms with E-state index in [1.54, 1.807) is 12.6 Å². The van der Waals surface area contributed by atoms with Gasteiger partial charge in [-0.25, -0.2) is 5.48 Å². The van der Waals surface area contributed by atoms with E-state index < -0.39 is 0 Å². The Bertz CT molecular complexity index is 718. The molecule has 2 aromatic rings. The molecule has 0 saturated heterocycles. The van der Waals surface area contributed by atoms with E-state index in [4.69, 9.17) is 9.94 Å². The van der Waals surface area contributed by atoms with Crippen molar-refractivity contribution in [2.45, 2.75) is 38.5 Å². The highest BCUT2D eigenvalue weighted by molar-refractivity contribution is 7.18. The molecule has 0 bridgehead atoms. The van der Waals surface area contributed by atoms with Gasteiger partial charge in [0.1, 0.15) is 10.8 Å². The highest BCUT2D eigenvalue weighted by atomic mass is 32.1. The maximum atomic E-state index is 11.9. The summed E-state index contributed by atoms with van der Waals surface area (Å²) in [6, 6.07) is 7.47. The maximum Gasteiger partial charge on any atom is 0.243 e. The van der Waals surface area contributed by atoms with Crippen LogP contribution in [0.4, 0.5) is 5.13 Å². The van der Waals surface area contributed by atoms with Gasteiger partial charge in [-0.2, -0.15) is 0 Å². The third kappa shape index (κ3) is 6.41. The molecule has 8 nitrogen and oxygen atoms in total. The van der Waals surface area contributed by atoms with Crippen molar-refractivity contribution in [3.05, 3.63) is 24.3 Å². The number of hydroxylamine groups is 1. The van der Waals surface area contributed by atoms with Crippen LogP contribution in [-0.4, -0.2) is 34.3 Å². The fraction of sp³-hybridized carbons (Fsp3) is 0.412. The van der Waals surface area contributed by atoms with E-state index in [1.165, 1.54) is 11.3 Å². The monoisotopic (exact) mass is 378 g/mol. The number of amides is 2. The molecule has 0 fully saturated rings. The molecule has 0 atom stereocenters. The SMILES string of the molecule is COc1ccc(-c2nnc(NC(=O)CCCCCCC(=O)NO)s2)cc1. The minimum Gasteiger partial charge on any atom is -0.497 e. The number of aromatic nitrogens is 2. The van der Waals surface area contributed by atoms with Crippen LogP contribution in [0.5, 0.6) is 5.75 Å². The van der Waals surface area contributed by atoms with E-state index in [-0.39, 0.29) is 11.8 Å². The fourth-order valence-electron chi connectivity index (χ4n) is 2.29. The Hall–Kier alpha value is -2.52. The predicted octanol–water partition coefficient (Wildman–Crippen LogP) is 3.00. The number of unbranched alkanes of at least 4 members (excludes halogenated alkanes) is 3. The number of ether oxygens (including phenoxy) is 1. The largest absolute Gasteiger partial charge is 0.497 e. The minimum atomic E-state index is -0.383. The first-order chi connectivity index (χ1) is 12.6. The molecule has 0 aliphatic heterocycles. The van der Waals surface area contributed by atoms with Crippen molar-refractivity contribution in [2.24, 2.45) is 0 Å². The van der Waals surface area contributed by atoms with Crippen LogP contribution in [0.1, 0.15) is 38.5 Å². The molecule has 0 aliphatic rings. The molecule has 26 heavy (non-hydrogen) atoms. The lowest BCUT2D eigenvalue weighted by Crippen LogP contribution is -2.17. The summed E-state index contributed by atoms with van der Waals surface area (Å²) in [6.07, 6.45) is 3.79. The first kappa shape index (κ1) is 19.8. The molecule has 0 radical (unpaired) electrons. The van der Waals surface area contributed by atoms with Crippen molar-refractivity contribution in [3.8, 4) is 16.3 Å². The molecule has 2 rings (SSSR count). The van der Waals surface area contributed by atoms with Gasteiger partial charge in [0.2, 0.25) is 16.9 Å². The third-order valence-electron chi connectivity index (χ3n) is 3.69. The lowest BCUT2D eigenvalue weighted by Gasteiger charge is -2.02. The number of benzene rings is 1. The van der Waals surface area contributed by atoms with Crippen molar-refractivity contribution < 1.29 is 19.5 Å². The van der Waals surface area contributed by atoms with Gasteiger partial charge in [0.15, 0.2) is 0 Å². The second-order valence-corrected chi connectivity index (χ2v) is 6.62. The molecule has 140 valence electrons. The smallest absolute Gasteiger partial charge is 0.243 e. The highest BCUT2D eigenvalue weighted by Gasteiger charge is 2.10. The Balaban J connectivity index is 1.71. The van der Waals surface area contributed by atoms with Gasteiger partial charge in [-0.1, -0.05) is 24.2 Å². The molecule has 3 N–H and O–H groups in total. The van der Waals surface area contributed by atoms with Gasteiger partial charge in [0.25, 0.3) is 0 Å². The third-order valence-corrected chi connectivity index (χ3v) is 4.58. The molecule has 0 saturated carbocycles. The normalized spacial score (nSPS) is 10.4. The van der Waals surface area contributed by atoms with Gasteiger partial charge in [-0.05, 0) is 37.1 Å². The summed E-state index contributed by atoms with van der Waals surface area (Å²) in [4.78, 5) is 22.8. The van der Waals surface area contributed by atoms with Gasteiger partial charge in [0, 0.05) is 18.4 Å². The zero-order valence-corrected chi connectivity index (χ0v) is 15.3. The van der Waals surface area contributed by atoms with Crippen molar-refractivity contribution in [3.63, 3.8) is 0 Å². The number of nitrogens with one attached hydrogen (secondary N) is 2. The van der Waals surface area contributed by atoms with Gasteiger partial charge < -0.3 is 10.1 Å². The molecule has 9 heteroatoms. The number of anilines is 1. The summed E-state index contributed by atoms with van der Waals surface area (Å²) in [5.74, 6) is 0.283. The molecule has 1 heterocycles. The molecular weight excluding hydrogens is 356 g/mol. The number of nitrogens with zero attached hydrogens (tertiary/aromatic N) is 2. The molecule has 1 aromatic carbocycles. The van der Waals surface area contributed by atoms with Crippen LogP contribution >= 0.6 is 11.3 Å². The van der Waals surface area contributed by atoms with Gasteiger partial charge in [-0.3, -0.25) is 14.8 Å². The quantitative estimate of drug-likeness (QED) is 0.333. The Morgan fingerprint density at radius 3 is 2.31 bits per heavy atom. The molecular formula is C17H22N4O4S. The van der Waals surface area contributed by atoms with Crippen molar-refractivity contribution in [1.82, 2.24) is 15.7 Å². The number of rotatable bonds is 10. The second-order valence-electron chi connectivity index (χ2n) is 5.64. The Morgan fingerprint density at radius 1 is 1.04 bits per heavy atom. The zero-order chi connectivity index (χ0) is 18.8. The molecule has 1 aromatic heterocycles. The zero-order valence-electron chi connectivity index (χ0n) is 14.5. The Labute approximate surface area is 155 Å². The predicted molar refractivity (Wildman–Crippen MR) is 98.2 cm³/mol. The number of carbonyl (C=O) groups excluding carboxylic acids is 2. The number of carbonyl (C=O) groups is 2. The average molecular weight is 378 g/mol. The van der Waals surface area contributed by atoms with Gasteiger partial charge in [-0.15, -0.1) is 10.2 Å². The summed E-state index contributed by atoms with van der Waals surface area (Å²) in [7, 11) is 1.61. The topological polar surface area (TPSA) is 113 Å². The van der Waals surface area contributed by atoms with Crippen LogP contribution in [0, 0.1) is 0 Å². The van der Waals surface area contributed by atoms with E-state index >= 15 is 0 Å². The highest BCUT2D eigenvalue weighted by Crippen LogP contribution is 2.27. The van der Waals surface area contributed by atoms with Crippen LogP contribution < -0.4 is 15.5 Å². The number of hydrogen-bond acceptors (Lipinski definition) is 7. The fourth-order valence-corrected chi connectivity index (χ4v) is 3.05. The van der Waals surface area contributed by atoms with E-state index in [1.807, 2.05) is 24.3 Å². The van der Waals surface area contributed by atoms with Crippen LogP contribution in [0.15, 0.2) is 24.3 Å². The van der Waals surface area contributed by atoms with E-state index in [2.05, 4.69) is 15.5 Å². The van der Waals surface area contributed by atoms with E-state index in [0.717, 1.165) is 35.6 Å². The summed E-state index contributed by atoms with van der Waals surface area (Å²) in [5.41, 5.74) is 2.51. The number of hydrogen-bond donors (Lipinski definition) is 3. The lowest BCUT2D eigenvalue weighted by atomic mass is 10.1. The standard InChI is InChI=1S/C17H22N4O4S/c1-25-13-10-8-12(9-11-13)16-19-20-17(26-16)18-14(22)6-4-2-3-5-7-15(23)21-24/h8-11,24H,2-7H2,1H3,(H,21,23)(H,18,20,22). The number of methoxy groups -OCH3 is 1. The summed E-state index contributed by atoms with van der Waals surface area (Å²) < 4.78 is 5.12. The summed E-state index contributed by atoms with van der Waals surface area (Å²) in [5, 5.41) is 20.4. The van der Waals surface area contributed by atoms with Crippen LogP contribution in [0.3, 0.4) is 0 Å². The van der Waals surface area contributed by atoms with E-state index in [9.17, 15) is 9.59 Å². The van der Waals surface area contributed by atoms with Crippen LogP contribution in [0.25, 0.3) is 10.6 Å². The average Bonchev–Trinajstić information content (AvgIpc) is 3.12. The van der Waals surface area contributed by atoms with E-state index in [0.29, 0.717) is 24.4 Å². The van der Waals surface area contributed by atoms with Crippen LogP contribution in [0.2, 0.25) is 0 Å². The molecule has 2 amide bonds. The first-order valence-electron chi connectivity index (χ1n) is 8.33. The minimum absolute atomic E-state index is 0.101. The molecule has 0 unspecified atom stereocenters. The van der Waals surface area contributed by atoms with Crippen molar-refractivity contribution in [1.29, 1.82) is 0 Å². The first-order valence-corrected chi connectivity index (χ1v) is 9.14. The van der Waals surface area contributed by atoms with Crippen molar-refractivity contribution in [2.75, 3.05) is 12.4 Å². The summed E-state index contributed by atoms with van der Waals surface area (Å²) in [6.45, 7) is 0. The van der Waals surface area contributed by atoms with Crippen LogP contribution in [-0.2, 0) is 9.59 Å². The second kappa shape index (κ2) is 10.5. The van der Waals surface area contributed by atoms with Gasteiger partial charge in [0.05, 0.1) is 7.11 Å². The maximum absolute atomic E-state index is 11.9. The van der Waals surface area contributed by atoms with Gasteiger partial charge >= 0.3 is 0 Å². The lowest BCUT2D eigenvalue weighted by molar-refractivity contribution is -0.129. The molecule has 0 spiro atoms. The Kier molecular flexibility index (Phi) is 7.97.